The summed E-state index contributed by atoms with van der Waals surface area (Å²) in [6.07, 6.45) is 3.93. The fraction of sp³-hybridized carbons (Fsp3) is 0.0385. The van der Waals surface area contributed by atoms with Crippen molar-refractivity contribution in [1.29, 1.82) is 0 Å². The molecule has 0 amide bonds. The summed E-state index contributed by atoms with van der Waals surface area (Å²) in [5.74, 6) is 0. The molecule has 28 heavy (non-hydrogen) atoms. The molecule has 0 aliphatic carbocycles. The van der Waals surface area contributed by atoms with Crippen LogP contribution in [-0.4, -0.2) is 4.57 Å². The van der Waals surface area contributed by atoms with E-state index in [9.17, 15) is 4.79 Å². The third-order valence-electron chi connectivity index (χ3n) is 4.70. The van der Waals surface area contributed by atoms with E-state index in [1.807, 2.05) is 109 Å². The van der Waals surface area contributed by atoms with Gasteiger partial charge in [0.25, 0.3) is 5.56 Å². The van der Waals surface area contributed by atoms with E-state index in [2.05, 4.69) is 6.08 Å². The summed E-state index contributed by atoms with van der Waals surface area (Å²) < 4.78 is 1.77. The lowest BCUT2D eigenvalue weighted by atomic mass is 9.96. The lowest BCUT2D eigenvalue weighted by molar-refractivity contribution is 0.757. The smallest absolute Gasteiger partial charge is 0.258 e. The molecule has 0 spiro atoms. The van der Waals surface area contributed by atoms with Gasteiger partial charge in [-0.1, -0.05) is 91.0 Å². The van der Waals surface area contributed by atoms with Crippen molar-refractivity contribution in [1.82, 2.24) is 4.57 Å². The lowest BCUT2D eigenvalue weighted by Gasteiger charge is -2.12. The van der Waals surface area contributed by atoms with Gasteiger partial charge in [0.1, 0.15) is 0 Å². The predicted molar refractivity (Wildman–Crippen MR) is 116 cm³/mol. The van der Waals surface area contributed by atoms with Crippen LogP contribution in [0.4, 0.5) is 0 Å². The Morgan fingerprint density at radius 2 is 1.32 bits per heavy atom. The lowest BCUT2D eigenvalue weighted by Crippen LogP contribution is -2.23. The minimum Gasteiger partial charge on any atom is -0.311 e. The first-order chi connectivity index (χ1) is 13.8. The zero-order valence-corrected chi connectivity index (χ0v) is 15.5. The third kappa shape index (κ3) is 4.02. The van der Waals surface area contributed by atoms with Gasteiger partial charge in [-0.2, -0.15) is 0 Å². The second-order valence-corrected chi connectivity index (χ2v) is 6.68. The number of nitrogens with zero attached hydrogens (tertiary/aromatic N) is 1. The van der Waals surface area contributed by atoms with Crippen molar-refractivity contribution in [3.05, 3.63) is 142 Å². The number of pyridine rings is 1. The summed E-state index contributed by atoms with van der Waals surface area (Å²) >= 11 is 0. The Balaban J connectivity index is 1.82. The van der Waals surface area contributed by atoms with Gasteiger partial charge in [0.15, 0.2) is 0 Å². The van der Waals surface area contributed by atoms with Crippen molar-refractivity contribution in [3.8, 4) is 0 Å². The van der Waals surface area contributed by atoms with Crippen molar-refractivity contribution in [2.24, 2.45) is 0 Å². The van der Waals surface area contributed by atoms with Crippen LogP contribution in [0.25, 0.3) is 11.6 Å². The molecule has 2 nitrogen and oxygen atoms in total. The Morgan fingerprint density at radius 3 is 2.00 bits per heavy atom. The van der Waals surface area contributed by atoms with E-state index in [1.165, 1.54) is 0 Å². The van der Waals surface area contributed by atoms with Crippen LogP contribution < -0.4 is 5.56 Å². The van der Waals surface area contributed by atoms with E-state index in [1.54, 1.807) is 4.57 Å². The zero-order chi connectivity index (χ0) is 19.2. The van der Waals surface area contributed by atoms with Gasteiger partial charge >= 0.3 is 0 Å². The molecule has 0 aliphatic heterocycles. The molecule has 0 saturated heterocycles. The van der Waals surface area contributed by atoms with Crippen molar-refractivity contribution >= 4 is 11.6 Å². The molecule has 1 heterocycles. The monoisotopic (exact) mass is 363 g/mol. The summed E-state index contributed by atoms with van der Waals surface area (Å²) in [7, 11) is 0. The second kappa shape index (κ2) is 8.36. The third-order valence-corrected chi connectivity index (χ3v) is 4.70. The molecule has 0 fully saturated rings. The first-order valence-electron chi connectivity index (χ1n) is 9.37. The number of hydrogen-bond donors (Lipinski definition) is 0. The van der Waals surface area contributed by atoms with Crippen molar-refractivity contribution in [3.63, 3.8) is 0 Å². The van der Waals surface area contributed by atoms with E-state index < -0.39 is 0 Å². The molecule has 1 aromatic heterocycles. The van der Waals surface area contributed by atoms with E-state index in [0.29, 0.717) is 12.1 Å². The highest BCUT2D eigenvalue weighted by molar-refractivity contribution is 5.91. The topological polar surface area (TPSA) is 22.0 Å². The molecule has 0 aliphatic rings. The molecule has 3 aromatic carbocycles. The van der Waals surface area contributed by atoms with Gasteiger partial charge in [0.2, 0.25) is 0 Å². The van der Waals surface area contributed by atoms with Crippen molar-refractivity contribution in [2.45, 2.75) is 6.54 Å². The maximum Gasteiger partial charge on any atom is 0.258 e. The van der Waals surface area contributed by atoms with E-state index in [-0.39, 0.29) is 5.56 Å². The maximum atomic E-state index is 13.3. The van der Waals surface area contributed by atoms with Gasteiger partial charge in [0, 0.05) is 11.8 Å². The fourth-order valence-corrected chi connectivity index (χ4v) is 3.30. The number of benzene rings is 3. The summed E-state index contributed by atoms with van der Waals surface area (Å²) in [6.45, 7) is 0.556. The Bertz CT molecular complexity index is 1130. The van der Waals surface area contributed by atoms with Gasteiger partial charge in [-0.3, -0.25) is 4.79 Å². The average Bonchev–Trinajstić information content (AvgIpc) is 2.76. The minimum absolute atomic E-state index is 0.0115. The van der Waals surface area contributed by atoms with Gasteiger partial charge in [-0.05, 0) is 40.5 Å². The fourth-order valence-electron chi connectivity index (χ4n) is 3.30. The highest BCUT2D eigenvalue weighted by Crippen LogP contribution is 2.24. The van der Waals surface area contributed by atoms with Gasteiger partial charge in [-0.25, -0.2) is 0 Å². The zero-order valence-electron chi connectivity index (χ0n) is 15.5. The van der Waals surface area contributed by atoms with Crippen LogP contribution in [0.15, 0.2) is 114 Å². The molecule has 0 bridgehead atoms. The SMILES string of the molecule is O=c1c(/C(=C/c2ccccc2)c2ccccc2)cccn1Cc1ccccc1. The molecule has 0 saturated carbocycles. The molecular formula is C26H21NO. The van der Waals surface area contributed by atoms with Crippen LogP contribution in [0.5, 0.6) is 0 Å². The molecule has 0 unspecified atom stereocenters. The molecule has 2 heteroatoms. The van der Waals surface area contributed by atoms with E-state index in [0.717, 1.165) is 22.3 Å². The van der Waals surface area contributed by atoms with Gasteiger partial charge in [-0.15, -0.1) is 0 Å². The van der Waals surface area contributed by atoms with Crippen LogP contribution in [0.2, 0.25) is 0 Å². The first-order valence-corrected chi connectivity index (χ1v) is 9.37. The molecule has 4 rings (SSSR count). The van der Waals surface area contributed by atoms with Crippen molar-refractivity contribution < 1.29 is 0 Å². The number of hydrogen-bond acceptors (Lipinski definition) is 1. The van der Waals surface area contributed by atoms with Crippen LogP contribution in [0.3, 0.4) is 0 Å². The highest BCUT2D eigenvalue weighted by atomic mass is 16.1. The molecule has 0 atom stereocenters. The normalized spacial score (nSPS) is 11.4. The largest absolute Gasteiger partial charge is 0.311 e. The van der Waals surface area contributed by atoms with Crippen LogP contribution in [0.1, 0.15) is 22.3 Å². The molecular weight excluding hydrogens is 342 g/mol. The van der Waals surface area contributed by atoms with Crippen LogP contribution in [0, 0.1) is 0 Å². The molecule has 136 valence electrons. The summed E-state index contributed by atoms with van der Waals surface area (Å²) in [5.41, 5.74) is 4.85. The summed E-state index contributed by atoms with van der Waals surface area (Å²) in [6, 6.07) is 34.1. The Morgan fingerprint density at radius 1 is 0.714 bits per heavy atom. The maximum absolute atomic E-state index is 13.3. The number of rotatable bonds is 5. The molecule has 4 aromatic rings. The second-order valence-electron chi connectivity index (χ2n) is 6.68. The predicted octanol–water partition coefficient (Wildman–Crippen LogP) is 5.49. The quantitative estimate of drug-likeness (QED) is 0.430. The van der Waals surface area contributed by atoms with E-state index in [4.69, 9.17) is 0 Å². The standard InChI is InChI=1S/C26H21NO/c28-26-24(17-10-18-27(26)20-22-13-6-2-7-14-22)25(23-15-8-3-9-16-23)19-21-11-4-1-5-12-21/h1-19H,20H2/b25-19+. The van der Waals surface area contributed by atoms with Gasteiger partial charge < -0.3 is 4.57 Å². The molecule has 0 radical (unpaired) electrons. The average molecular weight is 363 g/mol. The van der Waals surface area contributed by atoms with Crippen LogP contribution in [-0.2, 0) is 6.54 Å². The number of aromatic nitrogens is 1. The van der Waals surface area contributed by atoms with Gasteiger partial charge in [0.05, 0.1) is 6.54 Å². The van der Waals surface area contributed by atoms with E-state index >= 15 is 0 Å². The Hall–Kier alpha value is -3.65. The highest BCUT2D eigenvalue weighted by Gasteiger charge is 2.11. The Kier molecular flexibility index (Phi) is 5.30. The summed E-state index contributed by atoms with van der Waals surface area (Å²) in [5, 5.41) is 0. The summed E-state index contributed by atoms with van der Waals surface area (Å²) in [4.78, 5) is 13.3. The first kappa shape index (κ1) is 17.7. The van der Waals surface area contributed by atoms with Crippen LogP contribution >= 0.6 is 0 Å². The molecule has 0 N–H and O–H groups in total. The minimum atomic E-state index is 0.0115. The Labute approximate surface area is 165 Å². The van der Waals surface area contributed by atoms with Crippen molar-refractivity contribution in [2.75, 3.05) is 0 Å².